The maximum atomic E-state index is 13.3. The van der Waals surface area contributed by atoms with E-state index in [9.17, 15) is 37.8 Å². The molecular weight excluding hydrogens is 971 g/mol. The zero-order valence-electron chi connectivity index (χ0n) is 30.6. The molecule has 14 nitrogen and oxygen atoms in total. The number of rotatable bonds is 12. The first kappa shape index (κ1) is 46.2. The van der Waals surface area contributed by atoms with E-state index in [0.29, 0.717) is 35.3 Å². The number of nitrogens with zero attached hydrogens (tertiary/aromatic N) is 2. The number of carboxylic acid groups (broad SMARTS) is 2. The summed E-state index contributed by atoms with van der Waals surface area (Å²) in [5, 5.41) is 24.9. The van der Waals surface area contributed by atoms with Crippen molar-refractivity contribution >= 4 is 120 Å². The number of para-hydroxylation sites is 1. The Kier molecular flexibility index (Phi) is 15.9. The highest BCUT2D eigenvalue weighted by atomic mass is 127. The number of ether oxygens (including phenoxy) is 1. The summed E-state index contributed by atoms with van der Waals surface area (Å²) in [7, 11) is -4.19. The summed E-state index contributed by atoms with van der Waals surface area (Å²) < 4.78 is 34.7. The predicted molar refractivity (Wildman–Crippen MR) is 230 cm³/mol. The predicted octanol–water partition coefficient (Wildman–Crippen LogP) is 8.28. The lowest BCUT2D eigenvalue weighted by Crippen LogP contribution is -2.44. The summed E-state index contributed by atoms with van der Waals surface area (Å²) >= 11 is 25.6. The van der Waals surface area contributed by atoms with Gasteiger partial charge in [0, 0.05) is 28.8 Å². The zero-order valence-corrected chi connectivity index (χ0v) is 36.6. The Hall–Kier alpha value is -4.46. The number of hydrogen-bond acceptors (Lipinski definition) is 9. The van der Waals surface area contributed by atoms with E-state index in [2.05, 4.69) is 25.3 Å². The Labute approximate surface area is 366 Å². The fourth-order valence-electron chi connectivity index (χ4n) is 5.07. The third-order valence-corrected chi connectivity index (χ3v) is 11.2. The molecule has 306 valence electrons. The van der Waals surface area contributed by atoms with Gasteiger partial charge < -0.3 is 25.6 Å². The number of sulfonamides is 1. The Morgan fingerprint density at radius 1 is 0.759 bits per heavy atom. The quantitative estimate of drug-likeness (QED) is 0.0750. The second-order valence-corrected chi connectivity index (χ2v) is 17.8. The number of anilines is 1. The van der Waals surface area contributed by atoms with Gasteiger partial charge in [-0.15, -0.1) is 0 Å². The third-order valence-electron chi connectivity index (χ3n) is 7.66. The monoisotopic (exact) mass is 1000 g/mol. The first-order valence-electron chi connectivity index (χ1n) is 16.8. The minimum atomic E-state index is -4.19. The fourth-order valence-corrected chi connectivity index (χ4v) is 7.44. The Morgan fingerprint density at radius 3 is 1.84 bits per heavy atom. The fraction of sp³-hybridized carbons (Fsp3) is 0.211. The largest absolute Gasteiger partial charge is 0.480 e. The van der Waals surface area contributed by atoms with E-state index in [1.54, 1.807) is 57.2 Å². The SMILES string of the molecule is CC(C)(C)OC(=O)N[C@H](Cc1ccc(Cl)c(Cl)c1)C(=O)O.O=C(N[C@H](Cc1ccc(Cl)c(Cl)c1)C(=O)O)c1ccc(I)cc1NS(=O)(=O)c1cccc2nccnc12. The van der Waals surface area contributed by atoms with E-state index in [0.717, 1.165) is 0 Å². The van der Waals surface area contributed by atoms with E-state index < -0.39 is 51.6 Å². The molecule has 4 aromatic carbocycles. The lowest BCUT2D eigenvalue weighted by Gasteiger charge is -2.22. The highest BCUT2D eigenvalue weighted by molar-refractivity contribution is 14.1. The van der Waals surface area contributed by atoms with Gasteiger partial charge in [0.05, 0.1) is 36.9 Å². The number of alkyl carbamates (subject to hydrolysis) is 1. The van der Waals surface area contributed by atoms with Gasteiger partial charge >= 0.3 is 18.0 Å². The van der Waals surface area contributed by atoms with Crippen LogP contribution in [0.1, 0.15) is 42.3 Å². The van der Waals surface area contributed by atoms with Gasteiger partial charge in [0.25, 0.3) is 15.9 Å². The minimum Gasteiger partial charge on any atom is -0.480 e. The van der Waals surface area contributed by atoms with E-state index >= 15 is 0 Å². The number of hydrogen-bond donors (Lipinski definition) is 5. The maximum Gasteiger partial charge on any atom is 0.408 e. The molecule has 0 spiro atoms. The maximum absolute atomic E-state index is 13.3. The van der Waals surface area contributed by atoms with E-state index in [1.165, 1.54) is 48.8 Å². The number of aliphatic carboxylic acids is 2. The van der Waals surface area contributed by atoms with Crippen molar-refractivity contribution in [3.63, 3.8) is 0 Å². The van der Waals surface area contributed by atoms with Gasteiger partial charge in [0.1, 0.15) is 28.1 Å². The number of amides is 2. The van der Waals surface area contributed by atoms with Crippen LogP contribution < -0.4 is 15.4 Å². The Bertz CT molecular complexity index is 2470. The topological polar surface area (TPSA) is 214 Å². The summed E-state index contributed by atoms with van der Waals surface area (Å²) in [6.45, 7) is 5.09. The van der Waals surface area contributed by atoms with Crippen LogP contribution in [0.2, 0.25) is 20.1 Å². The molecule has 1 aromatic heterocycles. The van der Waals surface area contributed by atoms with Crippen LogP contribution in [-0.4, -0.2) is 70.2 Å². The van der Waals surface area contributed by atoms with Crippen molar-refractivity contribution in [2.45, 2.75) is 56.2 Å². The van der Waals surface area contributed by atoms with E-state index in [4.69, 9.17) is 51.1 Å². The first-order chi connectivity index (χ1) is 27.1. The average Bonchev–Trinajstić information content (AvgIpc) is 3.13. The van der Waals surface area contributed by atoms with Crippen molar-refractivity contribution in [3.05, 3.63) is 126 Å². The number of nitrogens with one attached hydrogen (secondary N) is 3. The van der Waals surface area contributed by atoms with Gasteiger partial charge in [0.15, 0.2) is 0 Å². The molecule has 0 bridgehead atoms. The average molecular weight is 1010 g/mol. The van der Waals surface area contributed by atoms with E-state index in [-0.39, 0.29) is 39.5 Å². The van der Waals surface area contributed by atoms with Gasteiger partial charge in [-0.2, -0.15) is 0 Å². The molecule has 58 heavy (non-hydrogen) atoms. The molecule has 0 saturated carbocycles. The van der Waals surface area contributed by atoms with Gasteiger partial charge in [-0.1, -0.05) is 64.6 Å². The molecule has 2 amide bonds. The van der Waals surface area contributed by atoms with Gasteiger partial charge in [-0.25, -0.2) is 22.8 Å². The molecule has 0 saturated heterocycles. The summed E-state index contributed by atoms with van der Waals surface area (Å²) in [4.78, 5) is 56.1. The smallest absolute Gasteiger partial charge is 0.408 e. The van der Waals surface area contributed by atoms with Crippen molar-refractivity contribution in [2.24, 2.45) is 0 Å². The number of carbonyl (C=O) groups is 4. The molecule has 0 aliphatic carbocycles. The van der Waals surface area contributed by atoms with Crippen LogP contribution in [0.25, 0.3) is 11.0 Å². The third kappa shape index (κ3) is 13.3. The number of carboxylic acids is 2. The van der Waals surface area contributed by atoms with E-state index in [1.807, 2.05) is 22.6 Å². The Balaban J connectivity index is 0.000000302. The lowest BCUT2D eigenvalue weighted by molar-refractivity contribution is -0.140. The molecule has 0 aliphatic rings. The van der Waals surface area contributed by atoms with Crippen LogP contribution in [0.5, 0.6) is 0 Å². The normalized spacial score (nSPS) is 12.3. The number of halogens is 5. The van der Waals surface area contributed by atoms with Crippen LogP contribution in [0.3, 0.4) is 0 Å². The summed E-state index contributed by atoms with van der Waals surface area (Å²) in [6.07, 6.45) is 2.05. The number of carbonyl (C=O) groups excluding carboxylic acids is 2. The van der Waals surface area contributed by atoms with Crippen molar-refractivity contribution in [2.75, 3.05) is 4.72 Å². The van der Waals surface area contributed by atoms with Crippen molar-refractivity contribution in [1.29, 1.82) is 0 Å². The van der Waals surface area contributed by atoms with Crippen molar-refractivity contribution in [1.82, 2.24) is 20.6 Å². The van der Waals surface area contributed by atoms with Gasteiger partial charge in [-0.05, 0) is 109 Å². The second-order valence-electron chi connectivity index (χ2n) is 13.3. The molecule has 0 aliphatic heterocycles. The molecule has 0 fully saturated rings. The zero-order chi connectivity index (χ0) is 42.9. The van der Waals surface area contributed by atoms with Crippen molar-refractivity contribution in [3.8, 4) is 0 Å². The lowest BCUT2D eigenvalue weighted by atomic mass is 10.1. The molecular formula is C38H34Cl4IN5O9S. The van der Waals surface area contributed by atoms with Crippen LogP contribution in [0.4, 0.5) is 10.5 Å². The molecule has 5 rings (SSSR count). The summed E-state index contributed by atoms with van der Waals surface area (Å²) in [5.41, 5.74) is 0.964. The second kappa shape index (κ2) is 20.0. The molecule has 0 unspecified atom stereocenters. The molecule has 5 N–H and O–H groups in total. The minimum absolute atomic E-state index is 0.0241. The summed E-state index contributed by atoms with van der Waals surface area (Å²) in [5.74, 6) is -3.22. The van der Waals surface area contributed by atoms with Gasteiger partial charge in [-0.3, -0.25) is 19.5 Å². The first-order valence-corrected chi connectivity index (χ1v) is 20.9. The van der Waals surface area contributed by atoms with Crippen molar-refractivity contribution < 1.29 is 42.5 Å². The molecule has 0 radical (unpaired) electrons. The molecule has 5 aromatic rings. The van der Waals surface area contributed by atoms with Crippen LogP contribution in [0.15, 0.2) is 90.1 Å². The van der Waals surface area contributed by atoms with Crippen LogP contribution in [-0.2, 0) is 37.2 Å². The standard InChI is InChI=1S/C24H17Cl2IN4O5S.C14H17Cl2NO4/c25-16-7-4-13(10-17(16)26)11-20(24(33)34)30-23(32)15-6-5-14(27)12-19(15)31-37(35,36)21-3-1-2-18-22(21)29-9-8-28-18;1-14(2,3)21-13(20)17-11(12(18)19)7-8-4-5-9(15)10(16)6-8/h1-10,12,20,31H,11H2,(H,30,32)(H,33,34);4-6,11H,7H2,1-3H3,(H,17,20)(H,18,19)/t20-;11-/m11/s1. The molecule has 20 heteroatoms. The highest BCUT2D eigenvalue weighted by Gasteiger charge is 2.27. The molecule has 1 heterocycles. The number of fused-ring (bicyclic) bond motifs is 1. The number of aromatic nitrogens is 2. The highest BCUT2D eigenvalue weighted by Crippen LogP contribution is 2.27. The Morgan fingerprint density at radius 2 is 1.31 bits per heavy atom. The van der Waals surface area contributed by atoms with Gasteiger partial charge in [0.2, 0.25) is 0 Å². The van der Waals surface area contributed by atoms with Crippen LogP contribution >= 0.6 is 69.0 Å². The summed E-state index contributed by atoms with van der Waals surface area (Å²) in [6, 6.07) is 16.0. The number of benzene rings is 4. The molecule has 2 atom stereocenters. The van der Waals surface area contributed by atoms with Crippen LogP contribution in [0, 0.1) is 3.57 Å².